The maximum Gasteiger partial charge on any atom is 0.416 e. The van der Waals surface area contributed by atoms with Gasteiger partial charge in [-0.05, 0) is 42.8 Å². The molecule has 164 valence electrons. The van der Waals surface area contributed by atoms with E-state index in [4.69, 9.17) is 4.98 Å². The van der Waals surface area contributed by atoms with Crippen LogP contribution in [0.3, 0.4) is 0 Å². The van der Waals surface area contributed by atoms with E-state index in [-0.39, 0.29) is 6.42 Å². The number of pyridine rings is 1. The van der Waals surface area contributed by atoms with Crippen molar-refractivity contribution in [2.24, 2.45) is 0 Å². The van der Waals surface area contributed by atoms with Gasteiger partial charge < -0.3 is 4.98 Å². The molecule has 0 fully saturated rings. The number of H-pyrrole nitrogens is 1. The molecule has 0 amide bonds. The van der Waals surface area contributed by atoms with Crippen molar-refractivity contribution in [3.05, 3.63) is 95.7 Å². The highest BCUT2D eigenvalue weighted by Gasteiger charge is 2.30. The minimum atomic E-state index is -4.40. The Morgan fingerprint density at radius 3 is 2.42 bits per heavy atom. The Balaban J connectivity index is 1.60. The van der Waals surface area contributed by atoms with Crippen LogP contribution in [-0.4, -0.2) is 24.9 Å². The lowest BCUT2D eigenvalue weighted by atomic mass is 10.1. The molecule has 3 aromatic heterocycles. The van der Waals surface area contributed by atoms with Gasteiger partial charge in [0, 0.05) is 30.1 Å². The molecule has 0 spiro atoms. The first kappa shape index (κ1) is 20.8. The predicted octanol–water partition coefficient (Wildman–Crippen LogP) is 6.00. The van der Waals surface area contributed by atoms with E-state index >= 15 is 0 Å². The fraction of sp³-hybridized carbons (Fsp3) is 0.120. The molecule has 0 aliphatic rings. The van der Waals surface area contributed by atoms with Crippen molar-refractivity contribution in [3.8, 4) is 22.6 Å². The molecule has 33 heavy (non-hydrogen) atoms. The molecule has 5 aromatic rings. The number of fused-ring (bicyclic) bond motifs is 1. The molecule has 0 saturated heterocycles. The zero-order valence-corrected chi connectivity index (χ0v) is 17.6. The number of imidazole rings is 1. The van der Waals surface area contributed by atoms with E-state index in [0.717, 1.165) is 34.4 Å². The van der Waals surface area contributed by atoms with Crippen LogP contribution >= 0.6 is 0 Å². The molecule has 0 saturated carbocycles. The van der Waals surface area contributed by atoms with Crippen molar-refractivity contribution >= 4 is 11.0 Å². The number of hydrogen-bond acceptors (Lipinski definition) is 4. The summed E-state index contributed by atoms with van der Waals surface area (Å²) in [6.07, 6.45) is -0.923. The summed E-state index contributed by atoms with van der Waals surface area (Å²) in [6, 6.07) is 16.6. The standard InChI is InChI=1S/C25H18F3N5/c1-15-4-2-7-20(31-15)24-23(17-8-9-19-21(14-17)30-11-10-29-19)32-22(33-24)13-16-5-3-6-18(12-16)25(26,27)28/h2-12,14H,13H2,1H3,(H,32,33). The second-order valence-corrected chi connectivity index (χ2v) is 7.71. The highest BCUT2D eigenvalue weighted by atomic mass is 19.4. The van der Waals surface area contributed by atoms with Crippen LogP contribution in [0.4, 0.5) is 13.2 Å². The minimum Gasteiger partial charge on any atom is -0.340 e. The van der Waals surface area contributed by atoms with E-state index in [1.807, 2.05) is 43.3 Å². The smallest absolute Gasteiger partial charge is 0.340 e. The fourth-order valence-corrected chi connectivity index (χ4v) is 3.74. The first-order chi connectivity index (χ1) is 15.9. The molecule has 1 N–H and O–H groups in total. The van der Waals surface area contributed by atoms with Gasteiger partial charge in [0.25, 0.3) is 0 Å². The average Bonchev–Trinajstić information content (AvgIpc) is 3.22. The van der Waals surface area contributed by atoms with Gasteiger partial charge in [-0.1, -0.05) is 30.3 Å². The number of hydrogen-bond donors (Lipinski definition) is 1. The quantitative estimate of drug-likeness (QED) is 0.368. The van der Waals surface area contributed by atoms with Crippen LogP contribution in [-0.2, 0) is 12.6 Å². The number of alkyl halides is 3. The van der Waals surface area contributed by atoms with Crippen LogP contribution in [0.25, 0.3) is 33.7 Å². The first-order valence-corrected chi connectivity index (χ1v) is 10.3. The largest absolute Gasteiger partial charge is 0.416 e. The molecule has 5 nitrogen and oxygen atoms in total. The van der Waals surface area contributed by atoms with E-state index in [9.17, 15) is 13.2 Å². The van der Waals surface area contributed by atoms with Crippen LogP contribution in [0, 0.1) is 6.92 Å². The number of aromatic nitrogens is 5. The SMILES string of the molecule is Cc1cccc(-c2[nH]c(Cc3cccc(C(F)(F)F)c3)nc2-c2ccc3nccnc3c2)n1. The van der Waals surface area contributed by atoms with Crippen molar-refractivity contribution in [2.45, 2.75) is 19.5 Å². The number of nitrogens with one attached hydrogen (secondary N) is 1. The Bertz CT molecular complexity index is 1460. The summed E-state index contributed by atoms with van der Waals surface area (Å²) in [7, 11) is 0. The molecule has 2 aromatic carbocycles. The molecule has 5 rings (SSSR count). The van der Waals surface area contributed by atoms with Gasteiger partial charge >= 0.3 is 6.18 Å². The summed E-state index contributed by atoms with van der Waals surface area (Å²) in [5, 5.41) is 0. The maximum atomic E-state index is 13.1. The Labute approximate surface area is 187 Å². The molecule has 0 aliphatic carbocycles. The first-order valence-electron chi connectivity index (χ1n) is 10.3. The monoisotopic (exact) mass is 445 g/mol. The number of aromatic amines is 1. The predicted molar refractivity (Wildman–Crippen MR) is 119 cm³/mol. The average molecular weight is 445 g/mol. The van der Waals surface area contributed by atoms with Gasteiger partial charge in [0.2, 0.25) is 0 Å². The van der Waals surface area contributed by atoms with Crippen LogP contribution in [0.2, 0.25) is 0 Å². The molecular weight excluding hydrogens is 427 g/mol. The minimum absolute atomic E-state index is 0.218. The molecule has 0 atom stereocenters. The van der Waals surface area contributed by atoms with E-state index in [0.29, 0.717) is 28.5 Å². The summed E-state index contributed by atoms with van der Waals surface area (Å²) < 4.78 is 39.4. The Morgan fingerprint density at radius 1 is 0.848 bits per heavy atom. The van der Waals surface area contributed by atoms with Gasteiger partial charge in [-0.3, -0.25) is 15.0 Å². The molecule has 0 unspecified atom stereocenters. The van der Waals surface area contributed by atoms with E-state index < -0.39 is 11.7 Å². The van der Waals surface area contributed by atoms with Gasteiger partial charge in [-0.15, -0.1) is 0 Å². The van der Waals surface area contributed by atoms with Crippen molar-refractivity contribution in [1.29, 1.82) is 0 Å². The van der Waals surface area contributed by atoms with E-state index in [2.05, 4.69) is 19.9 Å². The Morgan fingerprint density at radius 2 is 1.64 bits per heavy atom. The van der Waals surface area contributed by atoms with Crippen molar-refractivity contribution in [2.75, 3.05) is 0 Å². The second kappa shape index (κ2) is 8.12. The van der Waals surface area contributed by atoms with Crippen LogP contribution < -0.4 is 0 Å². The zero-order valence-electron chi connectivity index (χ0n) is 17.6. The third-order valence-electron chi connectivity index (χ3n) is 5.27. The topological polar surface area (TPSA) is 67.3 Å². The van der Waals surface area contributed by atoms with Gasteiger partial charge in [0.05, 0.1) is 33.7 Å². The number of aryl methyl sites for hydroxylation is 1. The van der Waals surface area contributed by atoms with Crippen LogP contribution in [0.15, 0.2) is 73.1 Å². The lowest BCUT2D eigenvalue weighted by Gasteiger charge is -2.07. The number of rotatable bonds is 4. The van der Waals surface area contributed by atoms with Gasteiger partial charge in [0.1, 0.15) is 5.82 Å². The molecule has 8 heteroatoms. The molecular formula is C25H18F3N5. The lowest BCUT2D eigenvalue weighted by molar-refractivity contribution is -0.137. The van der Waals surface area contributed by atoms with Crippen LogP contribution in [0.1, 0.15) is 22.6 Å². The van der Waals surface area contributed by atoms with Crippen molar-refractivity contribution in [3.63, 3.8) is 0 Å². The Kier molecular flexibility index (Phi) is 5.12. The number of benzene rings is 2. The van der Waals surface area contributed by atoms with E-state index in [1.54, 1.807) is 18.5 Å². The van der Waals surface area contributed by atoms with Gasteiger partial charge in [-0.2, -0.15) is 13.2 Å². The molecule has 0 aliphatic heterocycles. The summed E-state index contributed by atoms with van der Waals surface area (Å²) in [6.45, 7) is 1.90. The maximum absolute atomic E-state index is 13.1. The third-order valence-corrected chi connectivity index (χ3v) is 5.27. The molecule has 3 heterocycles. The van der Waals surface area contributed by atoms with Crippen molar-refractivity contribution in [1.82, 2.24) is 24.9 Å². The van der Waals surface area contributed by atoms with Crippen LogP contribution in [0.5, 0.6) is 0 Å². The third kappa shape index (κ3) is 4.32. The molecule has 0 radical (unpaired) electrons. The summed E-state index contributed by atoms with van der Waals surface area (Å²) in [5.74, 6) is 0.543. The normalized spacial score (nSPS) is 11.8. The lowest BCUT2D eigenvalue weighted by Crippen LogP contribution is -2.05. The van der Waals surface area contributed by atoms with Gasteiger partial charge in [-0.25, -0.2) is 4.98 Å². The summed E-state index contributed by atoms with van der Waals surface area (Å²) >= 11 is 0. The zero-order chi connectivity index (χ0) is 23.0. The highest BCUT2D eigenvalue weighted by molar-refractivity contribution is 5.84. The second-order valence-electron chi connectivity index (χ2n) is 7.71. The number of nitrogens with zero attached hydrogens (tertiary/aromatic N) is 4. The Hall–Kier alpha value is -4.07. The fourth-order valence-electron chi connectivity index (χ4n) is 3.74. The molecule has 0 bridgehead atoms. The highest BCUT2D eigenvalue weighted by Crippen LogP contribution is 2.32. The van der Waals surface area contributed by atoms with Gasteiger partial charge in [0.15, 0.2) is 0 Å². The summed E-state index contributed by atoms with van der Waals surface area (Å²) in [4.78, 5) is 21.3. The number of halogens is 3. The summed E-state index contributed by atoms with van der Waals surface area (Å²) in [5.41, 5.74) is 5.03. The van der Waals surface area contributed by atoms with E-state index in [1.165, 1.54) is 6.07 Å². The van der Waals surface area contributed by atoms with Crippen molar-refractivity contribution < 1.29 is 13.2 Å².